The Bertz CT molecular complexity index is 718. The summed E-state index contributed by atoms with van der Waals surface area (Å²) < 4.78 is 5.12. The minimum Gasteiger partial charge on any atom is -0.497 e. The second-order valence-electron chi connectivity index (χ2n) is 4.76. The van der Waals surface area contributed by atoms with Gasteiger partial charge >= 0.3 is 0 Å². The van der Waals surface area contributed by atoms with Gasteiger partial charge in [0.1, 0.15) is 5.75 Å². The van der Waals surface area contributed by atoms with E-state index in [1.165, 1.54) is 11.8 Å². The van der Waals surface area contributed by atoms with E-state index in [1.807, 2.05) is 24.3 Å². The second kappa shape index (κ2) is 9.57. The number of nitrogens with one attached hydrogen (secondary N) is 1. The first kappa shape index (κ1) is 18.6. The molecule has 0 aliphatic rings. The number of ether oxygens (including phenoxy) is 1. The van der Waals surface area contributed by atoms with Crippen molar-refractivity contribution in [2.45, 2.75) is 5.75 Å². The normalized spacial score (nSPS) is 10.8. The van der Waals surface area contributed by atoms with Crippen LogP contribution in [0.25, 0.3) is 0 Å². The molecular weight excluding hydrogens is 367 g/mol. The molecule has 0 spiro atoms. The molecule has 2 aromatic rings. The molecule has 0 fully saturated rings. The Balaban J connectivity index is 1.78. The molecule has 2 aromatic carbocycles. The lowest BCUT2D eigenvalue weighted by molar-refractivity contribution is -0.118. The highest BCUT2D eigenvalue weighted by Gasteiger charge is 2.07. The molecule has 1 amide bonds. The summed E-state index contributed by atoms with van der Waals surface area (Å²) in [7, 11) is 1.60. The van der Waals surface area contributed by atoms with E-state index in [0.717, 1.165) is 16.9 Å². The van der Waals surface area contributed by atoms with Crippen molar-refractivity contribution in [2.24, 2.45) is 5.10 Å². The van der Waals surface area contributed by atoms with E-state index in [9.17, 15) is 4.79 Å². The molecule has 0 aliphatic heterocycles. The van der Waals surface area contributed by atoms with Crippen molar-refractivity contribution in [1.82, 2.24) is 5.43 Å². The molecule has 24 heavy (non-hydrogen) atoms. The quantitative estimate of drug-likeness (QED) is 0.570. The van der Waals surface area contributed by atoms with Crippen molar-refractivity contribution < 1.29 is 9.53 Å². The van der Waals surface area contributed by atoms with Gasteiger partial charge in [-0.2, -0.15) is 5.10 Å². The highest BCUT2D eigenvalue weighted by Crippen LogP contribution is 2.28. The van der Waals surface area contributed by atoms with Crippen LogP contribution in [0.3, 0.4) is 0 Å². The van der Waals surface area contributed by atoms with Crippen molar-refractivity contribution >= 4 is 47.1 Å². The molecule has 126 valence electrons. The summed E-state index contributed by atoms with van der Waals surface area (Å²) in [4.78, 5) is 11.8. The van der Waals surface area contributed by atoms with E-state index in [1.54, 1.807) is 31.5 Å². The van der Waals surface area contributed by atoms with Gasteiger partial charge in [0.15, 0.2) is 0 Å². The molecule has 0 atom stereocenters. The van der Waals surface area contributed by atoms with E-state index in [0.29, 0.717) is 15.8 Å². The SMILES string of the molecule is COc1cccc(/C=N\NC(=O)CSCc2c(Cl)cccc2Cl)c1. The first-order valence-electron chi connectivity index (χ1n) is 7.06. The number of hydrazone groups is 1. The number of benzene rings is 2. The predicted molar refractivity (Wildman–Crippen MR) is 101 cm³/mol. The monoisotopic (exact) mass is 382 g/mol. The third-order valence-electron chi connectivity index (χ3n) is 3.04. The van der Waals surface area contributed by atoms with Crippen LogP contribution in [0.1, 0.15) is 11.1 Å². The Morgan fingerprint density at radius 1 is 1.25 bits per heavy atom. The standard InChI is InChI=1S/C17H16Cl2N2O2S/c1-23-13-5-2-4-12(8-13)9-20-21-17(22)11-24-10-14-15(18)6-3-7-16(14)19/h2-9H,10-11H2,1H3,(H,21,22)/b20-9-. The van der Waals surface area contributed by atoms with Crippen LogP contribution in [0.5, 0.6) is 5.75 Å². The molecule has 0 bridgehead atoms. The van der Waals surface area contributed by atoms with Crippen LogP contribution in [-0.2, 0) is 10.5 Å². The summed E-state index contributed by atoms with van der Waals surface area (Å²) >= 11 is 13.6. The number of methoxy groups -OCH3 is 1. The summed E-state index contributed by atoms with van der Waals surface area (Å²) in [6, 6.07) is 12.7. The van der Waals surface area contributed by atoms with E-state index in [2.05, 4.69) is 10.5 Å². The van der Waals surface area contributed by atoms with Gasteiger partial charge in [-0.05, 0) is 35.4 Å². The van der Waals surface area contributed by atoms with E-state index in [4.69, 9.17) is 27.9 Å². The Kier molecular flexibility index (Phi) is 7.43. The van der Waals surface area contributed by atoms with Crippen molar-refractivity contribution in [3.63, 3.8) is 0 Å². The number of thioether (sulfide) groups is 1. The van der Waals surface area contributed by atoms with E-state index >= 15 is 0 Å². The molecule has 0 aliphatic carbocycles. The van der Waals surface area contributed by atoms with Gasteiger partial charge in [0.25, 0.3) is 0 Å². The molecular formula is C17H16Cl2N2O2S. The van der Waals surface area contributed by atoms with Gasteiger partial charge in [0.05, 0.1) is 19.1 Å². The van der Waals surface area contributed by atoms with Crippen molar-refractivity contribution in [3.8, 4) is 5.75 Å². The first-order valence-corrected chi connectivity index (χ1v) is 8.98. The fourth-order valence-electron chi connectivity index (χ4n) is 1.85. The van der Waals surface area contributed by atoms with Crippen LogP contribution < -0.4 is 10.2 Å². The maximum atomic E-state index is 11.8. The van der Waals surface area contributed by atoms with Gasteiger partial charge in [0.2, 0.25) is 5.91 Å². The summed E-state index contributed by atoms with van der Waals surface area (Å²) in [6.07, 6.45) is 1.57. The fraction of sp³-hybridized carbons (Fsp3) is 0.176. The number of hydrogen-bond acceptors (Lipinski definition) is 4. The van der Waals surface area contributed by atoms with Crippen molar-refractivity contribution in [1.29, 1.82) is 0 Å². The van der Waals surface area contributed by atoms with Crippen LogP contribution >= 0.6 is 35.0 Å². The molecule has 1 N–H and O–H groups in total. The number of carbonyl (C=O) groups excluding carboxylic acids is 1. The van der Waals surface area contributed by atoms with Crippen LogP contribution in [0.2, 0.25) is 10.0 Å². The second-order valence-corrected chi connectivity index (χ2v) is 6.56. The zero-order chi connectivity index (χ0) is 17.4. The number of hydrogen-bond donors (Lipinski definition) is 1. The summed E-state index contributed by atoms with van der Waals surface area (Å²) in [6.45, 7) is 0. The third-order valence-corrected chi connectivity index (χ3v) is 4.71. The smallest absolute Gasteiger partial charge is 0.250 e. The minimum absolute atomic E-state index is 0.192. The van der Waals surface area contributed by atoms with Crippen LogP contribution in [0.4, 0.5) is 0 Å². The van der Waals surface area contributed by atoms with Crippen LogP contribution in [0.15, 0.2) is 47.6 Å². The number of amides is 1. The minimum atomic E-state index is -0.192. The average Bonchev–Trinajstić information content (AvgIpc) is 2.58. The Hall–Kier alpha value is -1.69. The summed E-state index contributed by atoms with van der Waals surface area (Å²) in [5.74, 6) is 1.36. The van der Waals surface area contributed by atoms with Crippen molar-refractivity contribution in [2.75, 3.05) is 12.9 Å². The highest BCUT2D eigenvalue weighted by molar-refractivity contribution is 7.99. The molecule has 0 saturated heterocycles. The molecule has 0 saturated carbocycles. The highest BCUT2D eigenvalue weighted by atomic mass is 35.5. The molecule has 0 heterocycles. The Labute approximate surface area is 155 Å². The number of rotatable bonds is 7. The zero-order valence-electron chi connectivity index (χ0n) is 13.0. The van der Waals surface area contributed by atoms with Crippen molar-refractivity contribution in [3.05, 3.63) is 63.6 Å². The molecule has 4 nitrogen and oxygen atoms in total. The average molecular weight is 383 g/mol. The van der Waals surface area contributed by atoms with Gasteiger partial charge in [-0.1, -0.05) is 41.4 Å². The Morgan fingerprint density at radius 3 is 2.67 bits per heavy atom. The number of halogens is 2. The molecule has 7 heteroatoms. The largest absolute Gasteiger partial charge is 0.497 e. The Morgan fingerprint density at radius 2 is 1.96 bits per heavy atom. The van der Waals surface area contributed by atoms with Crippen LogP contribution in [0, 0.1) is 0 Å². The maximum Gasteiger partial charge on any atom is 0.250 e. The van der Waals surface area contributed by atoms with Gasteiger partial charge in [-0.3, -0.25) is 4.79 Å². The lowest BCUT2D eigenvalue weighted by atomic mass is 10.2. The van der Waals surface area contributed by atoms with E-state index in [-0.39, 0.29) is 11.7 Å². The molecule has 0 aromatic heterocycles. The zero-order valence-corrected chi connectivity index (χ0v) is 15.3. The topological polar surface area (TPSA) is 50.7 Å². The van der Waals surface area contributed by atoms with Gasteiger partial charge in [-0.15, -0.1) is 11.8 Å². The third kappa shape index (κ3) is 5.74. The predicted octanol–water partition coefficient (Wildman–Crippen LogP) is 4.39. The molecule has 0 radical (unpaired) electrons. The van der Waals surface area contributed by atoms with E-state index < -0.39 is 0 Å². The number of carbonyl (C=O) groups is 1. The lowest BCUT2D eigenvalue weighted by Crippen LogP contribution is -2.19. The molecule has 0 unspecified atom stereocenters. The first-order chi connectivity index (χ1) is 11.6. The van der Waals surface area contributed by atoms with Crippen LogP contribution in [-0.4, -0.2) is 25.0 Å². The fourth-order valence-corrected chi connectivity index (χ4v) is 3.41. The van der Waals surface area contributed by atoms with Gasteiger partial charge in [0, 0.05) is 15.8 Å². The van der Waals surface area contributed by atoms with Gasteiger partial charge in [-0.25, -0.2) is 5.43 Å². The summed E-state index contributed by atoms with van der Waals surface area (Å²) in [5.41, 5.74) is 4.16. The van der Waals surface area contributed by atoms with Gasteiger partial charge < -0.3 is 4.74 Å². The summed E-state index contributed by atoms with van der Waals surface area (Å²) in [5, 5.41) is 5.14. The number of nitrogens with zero attached hydrogens (tertiary/aromatic N) is 1. The lowest BCUT2D eigenvalue weighted by Gasteiger charge is -2.06. The molecule has 2 rings (SSSR count). The maximum absolute atomic E-state index is 11.8.